The van der Waals surface area contributed by atoms with Gasteiger partial charge in [0.15, 0.2) is 0 Å². The maximum absolute atomic E-state index is 12.6. The van der Waals surface area contributed by atoms with E-state index in [9.17, 15) is 21.6 Å². The Kier molecular flexibility index (Phi) is 5.26. The fraction of sp³-hybridized carbons (Fsp3) is 0.667. The van der Waals surface area contributed by atoms with Gasteiger partial charge in [0.2, 0.25) is 10.0 Å². The number of alkyl halides is 3. The molecule has 0 bridgehead atoms. The number of hydrogen-bond donors (Lipinski definition) is 0. The molecule has 0 aliphatic heterocycles. The molecule has 1 aromatic rings. The first kappa shape index (κ1) is 17.5. The standard InChI is InChI=1S/C12H18F3NO2S2/c1-8(2)6-16(7-12(13,14)15)20(17,18)11-5-9(3)19-10(11)4/h5,8H,6-7H2,1-4H3. The van der Waals surface area contributed by atoms with Gasteiger partial charge in [0, 0.05) is 16.3 Å². The van der Waals surface area contributed by atoms with Crippen LogP contribution in [0.5, 0.6) is 0 Å². The van der Waals surface area contributed by atoms with Crippen LogP contribution >= 0.6 is 11.3 Å². The van der Waals surface area contributed by atoms with Gasteiger partial charge in [-0.15, -0.1) is 11.3 Å². The van der Waals surface area contributed by atoms with Crippen LogP contribution in [-0.4, -0.2) is 32.0 Å². The Balaban J connectivity index is 3.20. The third-order valence-corrected chi connectivity index (χ3v) is 5.57. The molecule has 0 amide bonds. The lowest BCUT2D eigenvalue weighted by molar-refractivity contribution is -0.136. The van der Waals surface area contributed by atoms with E-state index in [1.165, 1.54) is 17.4 Å². The Morgan fingerprint density at radius 3 is 2.20 bits per heavy atom. The maximum atomic E-state index is 12.6. The molecule has 0 unspecified atom stereocenters. The average Bonchev–Trinajstić information content (AvgIpc) is 2.54. The molecule has 0 atom stereocenters. The number of halogens is 3. The summed E-state index contributed by atoms with van der Waals surface area (Å²) in [5, 5.41) is 0. The summed E-state index contributed by atoms with van der Waals surface area (Å²) in [6.07, 6.45) is -4.55. The van der Waals surface area contributed by atoms with Crippen LogP contribution in [0.15, 0.2) is 11.0 Å². The Morgan fingerprint density at radius 2 is 1.85 bits per heavy atom. The zero-order valence-electron chi connectivity index (χ0n) is 11.8. The summed E-state index contributed by atoms with van der Waals surface area (Å²) in [6.45, 7) is 5.09. The fourth-order valence-electron chi connectivity index (χ4n) is 1.86. The SMILES string of the molecule is Cc1cc(S(=O)(=O)N(CC(C)C)CC(F)(F)F)c(C)s1. The molecule has 1 rings (SSSR count). The van der Waals surface area contributed by atoms with Crippen molar-refractivity contribution in [1.82, 2.24) is 4.31 Å². The van der Waals surface area contributed by atoms with E-state index < -0.39 is 22.7 Å². The minimum Gasteiger partial charge on any atom is -0.207 e. The van der Waals surface area contributed by atoms with Gasteiger partial charge in [-0.25, -0.2) is 8.42 Å². The molecule has 0 fully saturated rings. The molecule has 0 aliphatic carbocycles. The topological polar surface area (TPSA) is 37.4 Å². The van der Waals surface area contributed by atoms with Crippen LogP contribution in [0.2, 0.25) is 0 Å². The van der Waals surface area contributed by atoms with Crippen molar-refractivity contribution in [2.75, 3.05) is 13.1 Å². The Morgan fingerprint density at radius 1 is 1.30 bits per heavy atom. The van der Waals surface area contributed by atoms with Gasteiger partial charge in [-0.05, 0) is 25.8 Å². The van der Waals surface area contributed by atoms with Gasteiger partial charge >= 0.3 is 6.18 Å². The van der Waals surface area contributed by atoms with Gasteiger partial charge < -0.3 is 0 Å². The molecule has 0 aromatic carbocycles. The summed E-state index contributed by atoms with van der Waals surface area (Å²) in [6, 6.07) is 1.43. The summed E-state index contributed by atoms with van der Waals surface area (Å²) in [7, 11) is -4.12. The van der Waals surface area contributed by atoms with Crippen molar-refractivity contribution >= 4 is 21.4 Å². The minimum atomic E-state index is -4.55. The van der Waals surface area contributed by atoms with Gasteiger partial charge in [-0.1, -0.05) is 13.8 Å². The zero-order chi connectivity index (χ0) is 15.7. The third kappa shape index (κ3) is 4.46. The lowest BCUT2D eigenvalue weighted by Gasteiger charge is -2.24. The van der Waals surface area contributed by atoms with Gasteiger partial charge in [-0.3, -0.25) is 0 Å². The molecule has 20 heavy (non-hydrogen) atoms. The molecule has 116 valence electrons. The van der Waals surface area contributed by atoms with Crippen LogP contribution in [0.25, 0.3) is 0 Å². The summed E-state index contributed by atoms with van der Waals surface area (Å²) in [4.78, 5) is 1.25. The Labute approximate surface area is 121 Å². The predicted octanol–water partition coefficient (Wildman–Crippen LogP) is 3.57. The lowest BCUT2D eigenvalue weighted by atomic mass is 10.2. The lowest BCUT2D eigenvalue weighted by Crippen LogP contribution is -2.41. The van der Waals surface area contributed by atoms with Crippen molar-refractivity contribution in [1.29, 1.82) is 0 Å². The first-order chi connectivity index (χ1) is 8.93. The molecule has 3 nitrogen and oxygen atoms in total. The largest absolute Gasteiger partial charge is 0.402 e. The molecule has 8 heteroatoms. The van der Waals surface area contributed by atoms with Crippen molar-refractivity contribution in [2.24, 2.45) is 5.92 Å². The normalized spacial score (nSPS) is 13.4. The third-order valence-electron chi connectivity index (χ3n) is 2.54. The maximum Gasteiger partial charge on any atom is 0.402 e. The van der Waals surface area contributed by atoms with Crippen molar-refractivity contribution in [2.45, 2.75) is 38.8 Å². The monoisotopic (exact) mass is 329 g/mol. The van der Waals surface area contributed by atoms with E-state index in [0.29, 0.717) is 9.18 Å². The first-order valence-electron chi connectivity index (χ1n) is 6.07. The first-order valence-corrected chi connectivity index (χ1v) is 8.33. The molecule has 0 N–H and O–H groups in total. The van der Waals surface area contributed by atoms with Crippen LogP contribution in [0.4, 0.5) is 13.2 Å². The summed E-state index contributed by atoms with van der Waals surface area (Å²) < 4.78 is 63.2. The molecule has 0 saturated heterocycles. The van der Waals surface area contributed by atoms with Crippen LogP contribution in [0.3, 0.4) is 0 Å². The van der Waals surface area contributed by atoms with Gasteiger partial charge in [0.1, 0.15) is 6.54 Å². The number of aryl methyl sites for hydroxylation is 2. The quantitative estimate of drug-likeness (QED) is 0.828. The van der Waals surface area contributed by atoms with E-state index in [1.807, 2.05) is 0 Å². The van der Waals surface area contributed by atoms with E-state index in [1.54, 1.807) is 27.7 Å². The van der Waals surface area contributed by atoms with E-state index in [4.69, 9.17) is 0 Å². The number of nitrogens with zero attached hydrogens (tertiary/aromatic N) is 1. The van der Waals surface area contributed by atoms with Crippen molar-refractivity contribution in [3.05, 3.63) is 15.8 Å². The zero-order valence-corrected chi connectivity index (χ0v) is 13.4. The molecule has 0 aliphatic rings. The number of sulfonamides is 1. The number of thiophene rings is 1. The fourth-order valence-corrected chi connectivity index (χ4v) is 4.97. The highest BCUT2D eigenvalue weighted by Crippen LogP contribution is 2.30. The van der Waals surface area contributed by atoms with E-state index in [0.717, 1.165) is 4.88 Å². The average molecular weight is 329 g/mol. The second-order valence-electron chi connectivity index (χ2n) is 5.08. The van der Waals surface area contributed by atoms with Crippen molar-refractivity contribution in [3.63, 3.8) is 0 Å². The highest BCUT2D eigenvalue weighted by atomic mass is 32.2. The predicted molar refractivity (Wildman–Crippen MR) is 73.4 cm³/mol. The highest BCUT2D eigenvalue weighted by Gasteiger charge is 2.38. The van der Waals surface area contributed by atoms with Crippen LogP contribution in [-0.2, 0) is 10.0 Å². The van der Waals surface area contributed by atoms with Crippen LogP contribution in [0, 0.1) is 19.8 Å². The summed E-state index contributed by atoms with van der Waals surface area (Å²) in [5.74, 6) is -0.188. The molecule has 1 aromatic heterocycles. The Bertz CT molecular complexity index is 562. The number of rotatable bonds is 5. The van der Waals surface area contributed by atoms with E-state index >= 15 is 0 Å². The minimum absolute atomic E-state index is 0.0232. The summed E-state index contributed by atoms with van der Waals surface area (Å²) in [5.41, 5.74) is 0. The molecule has 0 saturated carbocycles. The second kappa shape index (κ2) is 6.03. The van der Waals surface area contributed by atoms with E-state index in [2.05, 4.69) is 0 Å². The van der Waals surface area contributed by atoms with Crippen LogP contribution in [0.1, 0.15) is 23.6 Å². The molecule has 1 heterocycles. The van der Waals surface area contributed by atoms with Crippen LogP contribution < -0.4 is 0 Å². The van der Waals surface area contributed by atoms with Gasteiger partial charge in [-0.2, -0.15) is 17.5 Å². The number of hydrogen-bond acceptors (Lipinski definition) is 3. The molecular weight excluding hydrogens is 311 g/mol. The van der Waals surface area contributed by atoms with Crippen molar-refractivity contribution in [3.8, 4) is 0 Å². The van der Waals surface area contributed by atoms with Gasteiger partial charge in [0.05, 0.1) is 4.90 Å². The van der Waals surface area contributed by atoms with Gasteiger partial charge in [0.25, 0.3) is 0 Å². The molecule has 0 spiro atoms. The Hall–Kier alpha value is -0.600. The summed E-state index contributed by atoms with van der Waals surface area (Å²) >= 11 is 1.26. The highest BCUT2D eigenvalue weighted by molar-refractivity contribution is 7.89. The molecule has 0 radical (unpaired) electrons. The van der Waals surface area contributed by atoms with E-state index in [-0.39, 0.29) is 17.4 Å². The second-order valence-corrected chi connectivity index (χ2v) is 8.45. The smallest absolute Gasteiger partial charge is 0.207 e. The van der Waals surface area contributed by atoms with Crippen molar-refractivity contribution < 1.29 is 21.6 Å². The molecular formula is C12H18F3NO2S2.